The largest absolute Gasteiger partial charge is 0.444 e. The molecular weight excluding hydrogens is 506 g/mol. The number of halogens is 1. The van der Waals surface area contributed by atoms with Crippen LogP contribution < -0.4 is 21.5 Å². The highest BCUT2D eigenvalue weighted by atomic mass is 35.5. The highest BCUT2D eigenvalue weighted by Crippen LogP contribution is 2.17. The monoisotopic (exact) mass is 539 g/mol. The number of aromatic nitrogens is 2. The summed E-state index contributed by atoms with van der Waals surface area (Å²) in [6.07, 6.45) is 1.76. The minimum atomic E-state index is -0.610. The molecule has 202 valence electrons. The van der Waals surface area contributed by atoms with Gasteiger partial charge in [0.15, 0.2) is 5.82 Å². The van der Waals surface area contributed by atoms with Gasteiger partial charge in [0.1, 0.15) is 12.1 Å². The van der Waals surface area contributed by atoms with E-state index in [0.29, 0.717) is 17.3 Å². The van der Waals surface area contributed by atoms with Crippen molar-refractivity contribution in [1.29, 1.82) is 0 Å². The Bertz CT molecular complexity index is 1320. The quantitative estimate of drug-likeness (QED) is 0.356. The van der Waals surface area contributed by atoms with Gasteiger partial charge in [0.2, 0.25) is 5.91 Å². The molecule has 10 heteroatoms. The number of rotatable bonds is 10. The van der Waals surface area contributed by atoms with Crippen molar-refractivity contribution in [3.8, 4) is 0 Å². The van der Waals surface area contributed by atoms with Crippen LogP contribution >= 0.6 is 11.6 Å². The maximum atomic E-state index is 13.0. The molecule has 3 N–H and O–H groups in total. The molecule has 38 heavy (non-hydrogen) atoms. The van der Waals surface area contributed by atoms with Crippen LogP contribution in [-0.2, 0) is 35.6 Å². The molecule has 0 saturated heterocycles. The fourth-order valence-corrected chi connectivity index (χ4v) is 3.86. The van der Waals surface area contributed by atoms with Crippen LogP contribution in [-0.4, -0.2) is 33.7 Å². The van der Waals surface area contributed by atoms with Crippen LogP contribution in [0.3, 0.4) is 0 Å². The van der Waals surface area contributed by atoms with Gasteiger partial charge in [-0.1, -0.05) is 48.0 Å². The van der Waals surface area contributed by atoms with Gasteiger partial charge in [-0.05, 0) is 62.9 Å². The normalized spacial score (nSPS) is 11.1. The summed E-state index contributed by atoms with van der Waals surface area (Å²) in [6, 6.07) is 15.2. The molecule has 9 nitrogen and oxygen atoms in total. The molecule has 3 rings (SSSR count). The second-order valence-corrected chi connectivity index (χ2v) is 10.3. The lowest BCUT2D eigenvalue weighted by Gasteiger charge is -2.20. The summed E-state index contributed by atoms with van der Waals surface area (Å²) < 4.78 is 6.66. The van der Waals surface area contributed by atoms with Crippen molar-refractivity contribution in [2.24, 2.45) is 0 Å². The second-order valence-electron chi connectivity index (χ2n) is 9.85. The van der Waals surface area contributed by atoms with E-state index >= 15 is 0 Å². The number of aryl methyl sites for hydroxylation is 1. The van der Waals surface area contributed by atoms with E-state index in [4.69, 9.17) is 16.3 Å². The molecule has 0 unspecified atom stereocenters. The molecular formula is C28H34ClN5O4. The van der Waals surface area contributed by atoms with Crippen LogP contribution in [0.2, 0.25) is 5.02 Å². The number of ether oxygens (including phenoxy) is 1. The number of alkyl carbamates (subject to hydrolysis) is 1. The number of hydrogen-bond donors (Lipinski definition) is 3. The van der Waals surface area contributed by atoms with E-state index in [1.807, 2.05) is 30.3 Å². The predicted octanol–water partition coefficient (Wildman–Crippen LogP) is 4.20. The molecule has 0 atom stereocenters. The van der Waals surface area contributed by atoms with Crippen molar-refractivity contribution in [3.63, 3.8) is 0 Å². The van der Waals surface area contributed by atoms with Gasteiger partial charge in [0, 0.05) is 36.5 Å². The topological polar surface area (TPSA) is 114 Å². The van der Waals surface area contributed by atoms with Crippen LogP contribution in [0, 0.1) is 6.92 Å². The minimum Gasteiger partial charge on any atom is -0.444 e. The second kappa shape index (κ2) is 13.1. The van der Waals surface area contributed by atoms with Gasteiger partial charge in [-0.2, -0.15) is 0 Å². The van der Waals surface area contributed by atoms with Gasteiger partial charge in [0.05, 0.1) is 0 Å². The van der Waals surface area contributed by atoms with Gasteiger partial charge in [-0.25, -0.2) is 9.78 Å². The van der Waals surface area contributed by atoms with E-state index in [1.165, 1.54) is 4.57 Å². The number of carbonyl (C=O) groups excluding carboxylic acids is 2. The molecule has 0 fully saturated rings. The maximum Gasteiger partial charge on any atom is 0.407 e. The molecule has 0 bridgehead atoms. The van der Waals surface area contributed by atoms with E-state index < -0.39 is 11.7 Å². The molecule has 1 heterocycles. The molecule has 0 aliphatic carbocycles. The van der Waals surface area contributed by atoms with E-state index in [1.54, 1.807) is 52.1 Å². The van der Waals surface area contributed by atoms with Crippen molar-refractivity contribution in [2.45, 2.75) is 59.4 Å². The van der Waals surface area contributed by atoms with E-state index in [9.17, 15) is 14.4 Å². The average molecular weight is 540 g/mol. The standard InChI is InChI=1S/C28H34ClN5O4/c1-19-15-32-25(30-13-12-20-8-6-5-7-9-20)26(36)34(19)18-24(35)31-17-22-14-23(29)11-10-21(22)16-33-27(37)38-28(2,3)4/h5-11,14-15H,12-13,16-18H2,1-4H3,(H,30,32)(H,31,35)(H,33,37). The fraction of sp³-hybridized carbons (Fsp3) is 0.357. The van der Waals surface area contributed by atoms with Gasteiger partial charge in [0.25, 0.3) is 5.56 Å². The first-order chi connectivity index (χ1) is 18.0. The highest BCUT2D eigenvalue weighted by Gasteiger charge is 2.17. The fourth-order valence-electron chi connectivity index (χ4n) is 3.66. The molecule has 2 aromatic carbocycles. The first-order valence-corrected chi connectivity index (χ1v) is 12.7. The molecule has 2 amide bonds. The Balaban J connectivity index is 1.60. The molecule has 1 aromatic heterocycles. The van der Waals surface area contributed by atoms with Crippen molar-refractivity contribution in [3.05, 3.63) is 92.5 Å². The van der Waals surface area contributed by atoms with Crippen molar-refractivity contribution in [1.82, 2.24) is 20.2 Å². The van der Waals surface area contributed by atoms with Crippen molar-refractivity contribution in [2.75, 3.05) is 11.9 Å². The molecule has 0 aliphatic heterocycles. The van der Waals surface area contributed by atoms with Gasteiger partial charge in [-0.15, -0.1) is 0 Å². The van der Waals surface area contributed by atoms with Gasteiger partial charge < -0.3 is 20.7 Å². The molecule has 0 spiro atoms. The Morgan fingerprint density at radius 3 is 2.45 bits per heavy atom. The predicted molar refractivity (Wildman–Crippen MR) is 148 cm³/mol. The Hall–Kier alpha value is -3.85. The third-order valence-electron chi connectivity index (χ3n) is 5.57. The summed E-state index contributed by atoms with van der Waals surface area (Å²) in [7, 11) is 0. The molecule has 0 aliphatic rings. The maximum absolute atomic E-state index is 13.0. The SMILES string of the molecule is Cc1cnc(NCCc2ccccc2)c(=O)n1CC(=O)NCc1cc(Cl)ccc1CNC(=O)OC(C)(C)C. The van der Waals surface area contributed by atoms with E-state index in [0.717, 1.165) is 23.1 Å². The van der Waals surface area contributed by atoms with E-state index in [-0.39, 0.29) is 36.9 Å². The van der Waals surface area contributed by atoms with E-state index in [2.05, 4.69) is 20.9 Å². The number of nitrogens with zero attached hydrogens (tertiary/aromatic N) is 2. The summed E-state index contributed by atoms with van der Waals surface area (Å²) in [5, 5.41) is 9.13. The Kier molecular flexibility index (Phi) is 9.90. The Morgan fingerprint density at radius 1 is 1.03 bits per heavy atom. The number of anilines is 1. The Morgan fingerprint density at radius 2 is 1.74 bits per heavy atom. The summed E-state index contributed by atoms with van der Waals surface area (Å²) in [5.74, 6) is -0.146. The Labute approximate surface area is 227 Å². The number of amides is 2. The van der Waals surface area contributed by atoms with Gasteiger partial charge >= 0.3 is 6.09 Å². The third-order valence-corrected chi connectivity index (χ3v) is 5.81. The van der Waals surface area contributed by atoms with Crippen molar-refractivity contribution >= 4 is 29.4 Å². The lowest BCUT2D eigenvalue weighted by molar-refractivity contribution is -0.121. The van der Waals surface area contributed by atoms with Crippen molar-refractivity contribution < 1.29 is 14.3 Å². The highest BCUT2D eigenvalue weighted by molar-refractivity contribution is 6.30. The van der Waals surface area contributed by atoms with Crippen LogP contribution in [0.25, 0.3) is 0 Å². The summed E-state index contributed by atoms with van der Waals surface area (Å²) in [6.45, 7) is 7.85. The summed E-state index contributed by atoms with van der Waals surface area (Å²) in [4.78, 5) is 42.0. The number of benzene rings is 2. The van der Waals surface area contributed by atoms with Crippen LogP contribution in [0.15, 0.2) is 59.5 Å². The van der Waals surface area contributed by atoms with Crippen LogP contribution in [0.5, 0.6) is 0 Å². The zero-order chi connectivity index (χ0) is 27.7. The van der Waals surface area contributed by atoms with Crippen LogP contribution in [0.4, 0.5) is 10.6 Å². The zero-order valence-corrected chi connectivity index (χ0v) is 22.9. The molecule has 3 aromatic rings. The molecule has 0 saturated carbocycles. The first-order valence-electron chi connectivity index (χ1n) is 12.4. The lowest BCUT2D eigenvalue weighted by atomic mass is 10.1. The summed E-state index contributed by atoms with van der Waals surface area (Å²) >= 11 is 6.17. The summed E-state index contributed by atoms with van der Waals surface area (Å²) in [5.41, 5.74) is 2.27. The smallest absolute Gasteiger partial charge is 0.407 e. The number of nitrogens with one attached hydrogen (secondary N) is 3. The van der Waals surface area contributed by atoms with Crippen LogP contribution in [0.1, 0.15) is 43.2 Å². The zero-order valence-electron chi connectivity index (χ0n) is 22.1. The number of carbonyl (C=O) groups is 2. The molecule has 0 radical (unpaired) electrons. The minimum absolute atomic E-state index is 0.160. The number of hydrogen-bond acceptors (Lipinski definition) is 6. The average Bonchev–Trinajstić information content (AvgIpc) is 2.85. The third kappa shape index (κ3) is 8.92. The lowest BCUT2D eigenvalue weighted by Crippen LogP contribution is -2.35. The van der Waals surface area contributed by atoms with Gasteiger partial charge in [-0.3, -0.25) is 14.2 Å². The first kappa shape index (κ1) is 28.7.